The first-order valence-corrected chi connectivity index (χ1v) is 7.92. The van der Waals surface area contributed by atoms with Gasteiger partial charge in [0.1, 0.15) is 0 Å². The van der Waals surface area contributed by atoms with Crippen molar-refractivity contribution in [2.24, 2.45) is 10.9 Å². The molecule has 1 saturated carbocycles. The third-order valence-corrected chi connectivity index (χ3v) is 4.18. The number of benzene rings is 1. The van der Waals surface area contributed by atoms with Crippen LogP contribution in [0, 0.1) is 5.92 Å². The molecule has 4 nitrogen and oxygen atoms in total. The van der Waals surface area contributed by atoms with E-state index >= 15 is 0 Å². The molecule has 0 saturated heterocycles. The molecule has 1 aliphatic rings. The average Bonchev–Trinajstić information content (AvgIpc) is 2.39. The third kappa shape index (κ3) is 6.10. The van der Waals surface area contributed by atoms with Gasteiger partial charge in [0.2, 0.25) is 0 Å². The molecule has 22 heavy (non-hydrogen) atoms. The minimum Gasteiger partial charge on any atom is -0.387 e. The second kappa shape index (κ2) is 9.80. The summed E-state index contributed by atoms with van der Waals surface area (Å²) in [6, 6.07) is 5.07. The fraction of sp³-hybridized carbons (Fsp3) is 0.533. The van der Waals surface area contributed by atoms with Crippen LogP contribution < -0.4 is 10.6 Å². The Bertz CT molecular complexity index is 489. The van der Waals surface area contributed by atoms with Crippen LogP contribution in [0.5, 0.6) is 0 Å². The number of rotatable bonds is 5. The van der Waals surface area contributed by atoms with Crippen molar-refractivity contribution >= 4 is 53.1 Å². The Labute approximate surface area is 158 Å². The van der Waals surface area contributed by atoms with Gasteiger partial charge in [0.15, 0.2) is 5.96 Å². The van der Waals surface area contributed by atoms with Gasteiger partial charge < -0.3 is 15.7 Å². The van der Waals surface area contributed by atoms with E-state index in [4.69, 9.17) is 23.2 Å². The molecule has 0 amide bonds. The molecule has 0 spiro atoms. The predicted octanol–water partition coefficient (Wildman–Crippen LogP) is 3.61. The van der Waals surface area contributed by atoms with Gasteiger partial charge in [0.25, 0.3) is 0 Å². The minimum atomic E-state index is -0.691. The highest BCUT2D eigenvalue weighted by Gasteiger charge is 2.17. The monoisotopic (exact) mass is 457 g/mol. The molecule has 1 fully saturated rings. The summed E-state index contributed by atoms with van der Waals surface area (Å²) in [5, 5.41) is 17.6. The Balaban J connectivity index is 0.00000242. The molecule has 1 aliphatic carbocycles. The van der Waals surface area contributed by atoms with Gasteiger partial charge in [-0.25, -0.2) is 0 Å². The zero-order valence-electron chi connectivity index (χ0n) is 12.5. The minimum absolute atomic E-state index is 0. The summed E-state index contributed by atoms with van der Waals surface area (Å²) < 4.78 is 0. The molecule has 124 valence electrons. The quantitative estimate of drug-likeness (QED) is 0.359. The Morgan fingerprint density at radius 2 is 1.91 bits per heavy atom. The van der Waals surface area contributed by atoms with Crippen LogP contribution in [-0.2, 0) is 0 Å². The second-order valence-electron chi connectivity index (χ2n) is 5.35. The van der Waals surface area contributed by atoms with Crippen molar-refractivity contribution in [2.45, 2.75) is 25.4 Å². The lowest BCUT2D eigenvalue weighted by Crippen LogP contribution is -2.42. The van der Waals surface area contributed by atoms with E-state index in [-0.39, 0.29) is 24.0 Å². The van der Waals surface area contributed by atoms with E-state index < -0.39 is 6.10 Å². The summed E-state index contributed by atoms with van der Waals surface area (Å²) in [5.41, 5.74) is 0.689. The molecule has 0 heterocycles. The zero-order chi connectivity index (χ0) is 15.2. The number of guanidine groups is 1. The molecule has 0 radical (unpaired) electrons. The van der Waals surface area contributed by atoms with Crippen molar-refractivity contribution in [1.82, 2.24) is 10.6 Å². The lowest BCUT2D eigenvalue weighted by molar-refractivity contribution is 0.180. The van der Waals surface area contributed by atoms with Gasteiger partial charge in [-0.1, -0.05) is 29.6 Å². The molecule has 0 aliphatic heterocycles. The van der Waals surface area contributed by atoms with Crippen LogP contribution in [0.3, 0.4) is 0 Å². The Morgan fingerprint density at radius 1 is 1.27 bits per heavy atom. The topological polar surface area (TPSA) is 56.7 Å². The number of hydrogen-bond donors (Lipinski definition) is 3. The van der Waals surface area contributed by atoms with Crippen LogP contribution >= 0.6 is 47.2 Å². The maximum Gasteiger partial charge on any atom is 0.191 e. The number of aliphatic hydroxyl groups is 1. The molecule has 1 aromatic rings. The molecule has 7 heteroatoms. The van der Waals surface area contributed by atoms with Crippen LogP contribution in [0.2, 0.25) is 10.0 Å². The van der Waals surface area contributed by atoms with E-state index in [1.165, 1.54) is 19.3 Å². The molecule has 0 bridgehead atoms. The first-order chi connectivity index (χ1) is 10.1. The van der Waals surface area contributed by atoms with Gasteiger partial charge in [-0.3, -0.25) is 4.99 Å². The molecule has 1 unspecified atom stereocenters. The molecule has 0 aromatic heterocycles. The summed E-state index contributed by atoms with van der Waals surface area (Å²) in [6.45, 7) is 1.28. The molecular weight excluding hydrogens is 436 g/mol. The highest BCUT2D eigenvalue weighted by molar-refractivity contribution is 14.0. The lowest BCUT2D eigenvalue weighted by Gasteiger charge is -2.26. The van der Waals surface area contributed by atoms with Gasteiger partial charge in [0.05, 0.1) is 6.10 Å². The number of hydrogen-bond acceptors (Lipinski definition) is 2. The molecule has 1 aromatic carbocycles. The van der Waals surface area contributed by atoms with E-state index in [1.807, 2.05) is 0 Å². The summed E-state index contributed by atoms with van der Waals surface area (Å²) in [6.07, 6.45) is 3.21. The van der Waals surface area contributed by atoms with Crippen molar-refractivity contribution in [1.29, 1.82) is 0 Å². The van der Waals surface area contributed by atoms with Gasteiger partial charge in [0, 0.05) is 30.2 Å². The predicted molar refractivity (Wildman–Crippen MR) is 104 cm³/mol. The third-order valence-electron chi connectivity index (χ3n) is 3.74. The van der Waals surface area contributed by atoms with Crippen LogP contribution in [0.4, 0.5) is 0 Å². The number of nitrogens with zero attached hydrogens (tertiary/aromatic N) is 1. The molecule has 3 N–H and O–H groups in total. The van der Waals surface area contributed by atoms with E-state index in [0.29, 0.717) is 28.1 Å². The highest BCUT2D eigenvalue weighted by Crippen LogP contribution is 2.25. The standard InChI is InChI=1S/C15H21Cl2N3O.HI/c1-18-15(19-8-10-3-2-4-10)20-9-14(21)11-5-12(16)7-13(17)6-11;/h5-7,10,14,21H,2-4,8-9H2,1H3,(H2,18,19,20);1H. The van der Waals surface area contributed by atoms with E-state index in [0.717, 1.165) is 12.5 Å². The van der Waals surface area contributed by atoms with Gasteiger partial charge in [-0.2, -0.15) is 0 Å². The van der Waals surface area contributed by atoms with Crippen molar-refractivity contribution in [3.63, 3.8) is 0 Å². The van der Waals surface area contributed by atoms with Crippen LogP contribution in [-0.4, -0.2) is 31.2 Å². The number of aliphatic hydroxyl groups excluding tert-OH is 1. The van der Waals surface area contributed by atoms with E-state index in [2.05, 4.69) is 15.6 Å². The summed E-state index contributed by atoms with van der Waals surface area (Å²) >= 11 is 11.9. The summed E-state index contributed by atoms with van der Waals surface area (Å²) in [7, 11) is 1.72. The van der Waals surface area contributed by atoms with Crippen LogP contribution in [0.25, 0.3) is 0 Å². The summed E-state index contributed by atoms with van der Waals surface area (Å²) in [4.78, 5) is 4.15. The number of nitrogens with one attached hydrogen (secondary N) is 2. The molecular formula is C15H22Cl2IN3O. The van der Waals surface area contributed by atoms with E-state index in [1.54, 1.807) is 25.2 Å². The Kier molecular flexibility index (Phi) is 8.82. The first kappa shape index (κ1) is 19.8. The van der Waals surface area contributed by atoms with Crippen molar-refractivity contribution in [2.75, 3.05) is 20.1 Å². The average molecular weight is 458 g/mol. The van der Waals surface area contributed by atoms with Gasteiger partial charge in [-0.05, 0) is 42.5 Å². The van der Waals surface area contributed by atoms with Crippen molar-refractivity contribution in [3.05, 3.63) is 33.8 Å². The lowest BCUT2D eigenvalue weighted by atomic mass is 9.85. The largest absolute Gasteiger partial charge is 0.387 e. The zero-order valence-corrected chi connectivity index (χ0v) is 16.3. The fourth-order valence-corrected chi connectivity index (χ4v) is 2.78. The number of halogens is 3. The summed E-state index contributed by atoms with van der Waals surface area (Å²) in [5.74, 6) is 1.45. The maximum absolute atomic E-state index is 10.2. The highest BCUT2D eigenvalue weighted by atomic mass is 127. The first-order valence-electron chi connectivity index (χ1n) is 7.17. The van der Waals surface area contributed by atoms with Crippen molar-refractivity contribution in [3.8, 4) is 0 Å². The Morgan fingerprint density at radius 3 is 2.41 bits per heavy atom. The Hall–Kier alpha value is -0.240. The molecule has 1 atom stereocenters. The van der Waals surface area contributed by atoms with Gasteiger partial charge in [-0.15, -0.1) is 24.0 Å². The van der Waals surface area contributed by atoms with Crippen LogP contribution in [0.15, 0.2) is 23.2 Å². The van der Waals surface area contributed by atoms with Crippen LogP contribution in [0.1, 0.15) is 30.9 Å². The second-order valence-corrected chi connectivity index (χ2v) is 6.22. The SMILES string of the molecule is CN=C(NCC1CCC1)NCC(O)c1cc(Cl)cc(Cl)c1.I. The van der Waals surface area contributed by atoms with Gasteiger partial charge >= 0.3 is 0 Å². The fourth-order valence-electron chi connectivity index (χ4n) is 2.24. The smallest absolute Gasteiger partial charge is 0.191 e. The molecule has 2 rings (SSSR count). The van der Waals surface area contributed by atoms with E-state index in [9.17, 15) is 5.11 Å². The number of aliphatic imine (C=N–C) groups is 1. The van der Waals surface area contributed by atoms with Crippen molar-refractivity contribution < 1.29 is 5.11 Å². The maximum atomic E-state index is 10.2. The normalized spacial score (nSPS) is 16.5.